The van der Waals surface area contributed by atoms with Crippen LogP contribution < -0.4 is 5.32 Å². The molecule has 2 fully saturated rings. The molecular formula is C21H31N3O5S. The number of carbonyl (C=O) groups is 2. The van der Waals surface area contributed by atoms with Crippen molar-refractivity contribution in [1.82, 2.24) is 9.21 Å². The Morgan fingerprint density at radius 1 is 1.10 bits per heavy atom. The first-order chi connectivity index (χ1) is 14.3. The molecule has 166 valence electrons. The number of amides is 2. The average molecular weight is 438 g/mol. The first-order valence-corrected chi connectivity index (χ1v) is 12.1. The number of anilines is 1. The molecule has 8 nitrogen and oxygen atoms in total. The minimum Gasteiger partial charge on any atom is -0.450 e. The van der Waals surface area contributed by atoms with Gasteiger partial charge in [-0.25, -0.2) is 13.2 Å². The molecule has 0 bridgehead atoms. The van der Waals surface area contributed by atoms with E-state index in [1.165, 1.54) is 12.1 Å². The Balaban J connectivity index is 1.61. The van der Waals surface area contributed by atoms with Crippen molar-refractivity contribution >= 4 is 27.7 Å². The van der Waals surface area contributed by atoms with E-state index < -0.39 is 16.1 Å². The van der Waals surface area contributed by atoms with E-state index in [0.717, 1.165) is 19.3 Å². The van der Waals surface area contributed by atoms with Crippen molar-refractivity contribution < 1.29 is 22.7 Å². The lowest BCUT2D eigenvalue weighted by molar-refractivity contribution is -0.121. The van der Waals surface area contributed by atoms with E-state index in [-0.39, 0.29) is 16.7 Å². The number of hydrogen-bond acceptors (Lipinski definition) is 5. The second-order valence-electron chi connectivity index (χ2n) is 8.11. The molecule has 0 aliphatic carbocycles. The minimum absolute atomic E-state index is 0.176. The highest BCUT2D eigenvalue weighted by atomic mass is 32.2. The summed E-state index contributed by atoms with van der Waals surface area (Å²) >= 11 is 0. The van der Waals surface area contributed by atoms with Crippen LogP contribution in [0.3, 0.4) is 0 Å². The maximum absolute atomic E-state index is 12.9. The lowest BCUT2D eigenvalue weighted by Crippen LogP contribution is -2.44. The second kappa shape index (κ2) is 9.78. The summed E-state index contributed by atoms with van der Waals surface area (Å²) in [4.78, 5) is 26.4. The largest absolute Gasteiger partial charge is 0.450 e. The molecule has 0 saturated carbocycles. The molecule has 2 atom stereocenters. The number of nitrogens with zero attached hydrogens (tertiary/aromatic N) is 2. The second-order valence-corrected chi connectivity index (χ2v) is 10.0. The van der Waals surface area contributed by atoms with Crippen molar-refractivity contribution in [2.75, 3.05) is 38.1 Å². The molecule has 2 heterocycles. The molecule has 0 spiro atoms. The van der Waals surface area contributed by atoms with Crippen LogP contribution in [0.4, 0.5) is 10.5 Å². The van der Waals surface area contributed by atoms with Crippen LogP contribution in [0.15, 0.2) is 29.2 Å². The van der Waals surface area contributed by atoms with Crippen molar-refractivity contribution in [1.29, 1.82) is 0 Å². The Kier molecular flexibility index (Phi) is 7.36. The molecule has 2 aliphatic rings. The fraction of sp³-hybridized carbons (Fsp3) is 0.619. The van der Waals surface area contributed by atoms with Gasteiger partial charge >= 0.3 is 6.09 Å². The number of ether oxygens (including phenoxy) is 1. The maximum atomic E-state index is 12.9. The number of nitrogens with one attached hydrogen (secondary N) is 1. The van der Waals surface area contributed by atoms with Crippen LogP contribution in [0.1, 0.15) is 39.5 Å². The smallest absolute Gasteiger partial charge is 0.409 e. The Hall–Kier alpha value is -2.13. The molecule has 1 N–H and O–H groups in total. The maximum Gasteiger partial charge on any atom is 0.409 e. The van der Waals surface area contributed by atoms with E-state index in [9.17, 15) is 18.0 Å². The summed E-state index contributed by atoms with van der Waals surface area (Å²) in [6.45, 7) is 6.12. The highest BCUT2D eigenvalue weighted by molar-refractivity contribution is 7.89. The van der Waals surface area contributed by atoms with Gasteiger partial charge < -0.3 is 15.0 Å². The Morgan fingerprint density at radius 2 is 1.80 bits per heavy atom. The van der Waals surface area contributed by atoms with Gasteiger partial charge in [-0.15, -0.1) is 0 Å². The van der Waals surface area contributed by atoms with Gasteiger partial charge in [-0.2, -0.15) is 4.31 Å². The van der Waals surface area contributed by atoms with Gasteiger partial charge in [0.1, 0.15) is 0 Å². The minimum atomic E-state index is -3.52. The van der Waals surface area contributed by atoms with E-state index in [2.05, 4.69) is 12.2 Å². The number of piperidine rings is 2. The van der Waals surface area contributed by atoms with Crippen LogP contribution in [-0.4, -0.2) is 62.4 Å². The molecule has 0 radical (unpaired) electrons. The lowest BCUT2D eigenvalue weighted by Gasteiger charge is -2.31. The van der Waals surface area contributed by atoms with Crippen LogP contribution in [0.2, 0.25) is 0 Å². The predicted octanol–water partition coefficient (Wildman–Crippen LogP) is 2.91. The van der Waals surface area contributed by atoms with Crippen LogP contribution >= 0.6 is 0 Å². The van der Waals surface area contributed by atoms with Gasteiger partial charge in [-0.05, 0) is 62.8 Å². The van der Waals surface area contributed by atoms with E-state index in [0.29, 0.717) is 50.8 Å². The number of carbonyl (C=O) groups excluding carboxylic acids is 2. The van der Waals surface area contributed by atoms with Gasteiger partial charge in [0.25, 0.3) is 0 Å². The summed E-state index contributed by atoms with van der Waals surface area (Å²) in [5, 5.41) is 2.84. The third kappa shape index (κ3) is 5.31. The SMILES string of the molecule is CCOC(=O)N1CCC[C@H](C(=O)Nc2ccc(S(=O)(=O)N3CCC[C@@H](C)C3)cc2)C1. The zero-order valence-electron chi connectivity index (χ0n) is 17.7. The lowest BCUT2D eigenvalue weighted by atomic mass is 9.97. The zero-order valence-corrected chi connectivity index (χ0v) is 18.5. The normalized spacial score (nSPS) is 23.1. The van der Waals surface area contributed by atoms with Crippen LogP contribution in [0.25, 0.3) is 0 Å². The van der Waals surface area contributed by atoms with Crippen molar-refractivity contribution in [3.63, 3.8) is 0 Å². The van der Waals surface area contributed by atoms with Crippen molar-refractivity contribution in [2.45, 2.75) is 44.4 Å². The van der Waals surface area contributed by atoms with Gasteiger partial charge in [-0.3, -0.25) is 4.79 Å². The fourth-order valence-corrected chi connectivity index (χ4v) is 5.64. The first-order valence-electron chi connectivity index (χ1n) is 10.6. The molecule has 3 rings (SSSR count). The summed E-state index contributed by atoms with van der Waals surface area (Å²) in [7, 11) is -3.52. The number of sulfonamides is 1. The van der Waals surface area contributed by atoms with E-state index >= 15 is 0 Å². The van der Waals surface area contributed by atoms with E-state index in [1.54, 1.807) is 28.3 Å². The number of hydrogen-bond donors (Lipinski definition) is 1. The molecular weight excluding hydrogens is 406 g/mol. The van der Waals surface area contributed by atoms with Gasteiger partial charge in [-0.1, -0.05) is 6.92 Å². The summed E-state index contributed by atoms with van der Waals surface area (Å²) in [6, 6.07) is 6.31. The number of likely N-dealkylation sites (tertiary alicyclic amines) is 1. The van der Waals surface area contributed by atoms with Crippen molar-refractivity contribution in [3.05, 3.63) is 24.3 Å². The highest BCUT2D eigenvalue weighted by Crippen LogP contribution is 2.25. The standard InChI is InChI=1S/C21H31N3O5S/c1-3-29-21(26)23-12-5-7-17(15-23)20(25)22-18-8-10-19(11-9-18)30(27,28)24-13-4-6-16(2)14-24/h8-11,16-17H,3-7,12-15H2,1-2H3,(H,22,25)/t16-,17+/m1/s1. The monoisotopic (exact) mass is 437 g/mol. The predicted molar refractivity (Wildman–Crippen MR) is 114 cm³/mol. The van der Waals surface area contributed by atoms with Gasteiger partial charge in [0.05, 0.1) is 17.4 Å². The number of benzene rings is 1. The topological polar surface area (TPSA) is 96.0 Å². The molecule has 0 unspecified atom stereocenters. The molecule has 1 aromatic carbocycles. The zero-order chi connectivity index (χ0) is 21.7. The molecule has 2 saturated heterocycles. The molecule has 0 aromatic heterocycles. The van der Waals surface area contributed by atoms with Gasteiger partial charge in [0.15, 0.2) is 0 Å². The summed E-state index contributed by atoms with van der Waals surface area (Å²) < 4.78 is 32.3. The van der Waals surface area contributed by atoms with Crippen molar-refractivity contribution in [2.24, 2.45) is 11.8 Å². The highest BCUT2D eigenvalue weighted by Gasteiger charge is 2.30. The van der Waals surface area contributed by atoms with Gasteiger partial charge in [0.2, 0.25) is 15.9 Å². The average Bonchev–Trinajstić information content (AvgIpc) is 2.74. The van der Waals surface area contributed by atoms with Crippen molar-refractivity contribution in [3.8, 4) is 0 Å². The molecule has 9 heteroatoms. The molecule has 2 amide bonds. The van der Waals surface area contributed by atoms with E-state index in [1.807, 2.05) is 0 Å². The van der Waals surface area contributed by atoms with Crippen LogP contribution in [-0.2, 0) is 19.6 Å². The van der Waals surface area contributed by atoms with Crippen LogP contribution in [0, 0.1) is 11.8 Å². The van der Waals surface area contributed by atoms with Gasteiger partial charge in [0, 0.05) is 31.9 Å². The third-order valence-electron chi connectivity index (χ3n) is 5.70. The summed E-state index contributed by atoms with van der Waals surface area (Å²) in [5.41, 5.74) is 0.541. The first kappa shape index (κ1) is 22.6. The number of rotatable bonds is 5. The molecule has 1 aromatic rings. The van der Waals surface area contributed by atoms with E-state index in [4.69, 9.17) is 4.74 Å². The van der Waals surface area contributed by atoms with Crippen LogP contribution in [0.5, 0.6) is 0 Å². The Morgan fingerprint density at radius 3 is 2.47 bits per heavy atom. The Labute approximate surface area is 178 Å². The molecule has 30 heavy (non-hydrogen) atoms. The summed E-state index contributed by atoms with van der Waals surface area (Å²) in [6.07, 6.45) is 2.96. The summed E-state index contributed by atoms with van der Waals surface area (Å²) in [5.74, 6) is -0.136. The quantitative estimate of drug-likeness (QED) is 0.764. The third-order valence-corrected chi connectivity index (χ3v) is 7.58. The fourth-order valence-electron chi connectivity index (χ4n) is 4.04. The Bertz CT molecular complexity index is 856. The molecule has 2 aliphatic heterocycles.